The maximum Gasteiger partial charge on any atom is 0.262 e. The van der Waals surface area contributed by atoms with Gasteiger partial charge in [0.05, 0.1) is 4.48 Å². The Balaban J connectivity index is 2.08. The molecule has 2 rings (SSSR count). The molecule has 0 heterocycles. The Labute approximate surface area is 114 Å². The molecule has 1 N–H and O–H groups in total. The molecule has 2 aromatic rings. The summed E-state index contributed by atoms with van der Waals surface area (Å²) in [5.74, 6) is -0.162. The highest BCUT2D eigenvalue weighted by molar-refractivity contribution is 9.12. The fourth-order valence-electron chi connectivity index (χ4n) is 1.47. The van der Waals surface area contributed by atoms with E-state index in [1.165, 1.54) is 0 Å². The third kappa shape index (κ3) is 3.57. The number of anilines is 1. The summed E-state index contributed by atoms with van der Waals surface area (Å²) in [6, 6.07) is 19.0. The highest BCUT2D eigenvalue weighted by atomic mass is 79.9. The lowest BCUT2D eigenvalue weighted by Crippen LogP contribution is -2.10. The number of benzene rings is 2. The van der Waals surface area contributed by atoms with Crippen molar-refractivity contribution in [1.29, 1.82) is 0 Å². The maximum atomic E-state index is 11.9. The van der Waals surface area contributed by atoms with E-state index in [-0.39, 0.29) is 5.91 Å². The molecule has 0 unspecified atom stereocenters. The lowest BCUT2D eigenvalue weighted by molar-refractivity contribution is -0.112. The van der Waals surface area contributed by atoms with Gasteiger partial charge in [0.25, 0.3) is 5.91 Å². The van der Waals surface area contributed by atoms with Gasteiger partial charge >= 0.3 is 0 Å². The predicted octanol–water partition coefficient (Wildman–Crippen LogP) is 4.06. The molecule has 1 amide bonds. The molecular formula is C15H12BrNO. The van der Waals surface area contributed by atoms with Gasteiger partial charge in [-0.1, -0.05) is 48.5 Å². The Kier molecular flexibility index (Phi) is 4.31. The first-order chi connectivity index (χ1) is 8.75. The average Bonchev–Trinajstić information content (AvgIpc) is 2.41. The number of amides is 1. The fraction of sp³-hybridized carbons (Fsp3) is 0. The van der Waals surface area contributed by atoms with Gasteiger partial charge in [-0.15, -0.1) is 0 Å². The van der Waals surface area contributed by atoms with Crippen LogP contribution in [-0.4, -0.2) is 5.91 Å². The smallest absolute Gasteiger partial charge is 0.262 e. The van der Waals surface area contributed by atoms with Crippen molar-refractivity contribution >= 4 is 33.6 Å². The average molecular weight is 302 g/mol. The second-order valence-electron chi connectivity index (χ2n) is 3.72. The molecule has 0 aliphatic heterocycles. The Hall–Kier alpha value is -1.87. The number of hydrogen-bond acceptors (Lipinski definition) is 1. The van der Waals surface area contributed by atoms with E-state index in [2.05, 4.69) is 21.2 Å². The number of carbonyl (C=O) groups excluding carboxylic acids is 1. The summed E-state index contributed by atoms with van der Waals surface area (Å²) < 4.78 is 0.498. The van der Waals surface area contributed by atoms with Crippen LogP contribution in [0.1, 0.15) is 5.56 Å². The van der Waals surface area contributed by atoms with Crippen LogP contribution in [0.15, 0.2) is 65.1 Å². The summed E-state index contributed by atoms with van der Waals surface area (Å²) in [4.78, 5) is 11.9. The molecule has 0 spiro atoms. The Bertz CT molecular complexity index is 549. The lowest BCUT2D eigenvalue weighted by Gasteiger charge is -2.03. The fourth-order valence-corrected chi connectivity index (χ4v) is 1.84. The minimum absolute atomic E-state index is 0.162. The largest absolute Gasteiger partial charge is 0.322 e. The molecular weight excluding hydrogens is 290 g/mol. The van der Waals surface area contributed by atoms with E-state index < -0.39 is 0 Å². The van der Waals surface area contributed by atoms with Crippen LogP contribution in [0.2, 0.25) is 0 Å². The number of rotatable bonds is 3. The van der Waals surface area contributed by atoms with E-state index in [1.807, 2.05) is 60.7 Å². The first-order valence-electron chi connectivity index (χ1n) is 5.54. The van der Waals surface area contributed by atoms with E-state index in [9.17, 15) is 4.79 Å². The van der Waals surface area contributed by atoms with Gasteiger partial charge in [0.1, 0.15) is 0 Å². The van der Waals surface area contributed by atoms with Gasteiger partial charge in [0.2, 0.25) is 0 Å². The van der Waals surface area contributed by atoms with Crippen molar-refractivity contribution in [2.45, 2.75) is 0 Å². The van der Waals surface area contributed by atoms with Gasteiger partial charge in [-0.05, 0) is 39.7 Å². The molecule has 0 atom stereocenters. The van der Waals surface area contributed by atoms with Gasteiger partial charge in [-0.3, -0.25) is 4.79 Å². The van der Waals surface area contributed by atoms with Gasteiger partial charge < -0.3 is 5.32 Å². The highest BCUT2D eigenvalue weighted by Gasteiger charge is 2.05. The van der Waals surface area contributed by atoms with Crippen molar-refractivity contribution in [3.63, 3.8) is 0 Å². The Morgan fingerprint density at radius 2 is 1.50 bits per heavy atom. The van der Waals surface area contributed by atoms with Crippen LogP contribution >= 0.6 is 15.9 Å². The summed E-state index contributed by atoms with van der Waals surface area (Å²) in [6.45, 7) is 0. The zero-order valence-corrected chi connectivity index (χ0v) is 11.2. The quantitative estimate of drug-likeness (QED) is 0.851. The molecule has 2 aromatic carbocycles. The van der Waals surface area contributed by atoms with Crippen LogP contribution in [0.5, 0.6) is 0 Å². The number of halogens is 1. The molecule has 0 aromatic heterocycles. The third-order valence-electron chi connectivity index (χ3n) is 2.34. The topological polar surface area (TPSA) is 29.1 Å². The van der Waals surface area contributed by atoms with Gasteiger partial charge in [-0.2, -0.15) is 0 Å². The van der Waals surface area contributed by atoms with Gasteiger partial charge in [0.15, 0.2) is 0 Å². The molecule has 0 aliphatic rings. The van der Waals surface area contributed by atoms with E-state index in [1.54, 1.807) is 6.08 Å². The zero-order chi connectivity index (χ0) is 12.8. The molecule has 0 fully saturated rings. The normalized spacial score (nSPS) is 11.1. The molecule has 0 saturated heterocycles. The minimum atomic E-state index is -0.162. The van der Waals surface area contributed by atoms with Crippen molar-refractivity contribution in [2.24, 2.45) is 0 Å². The summed E-state index contributed by atoms with van der Waals surface area (Å²) in [7, 11) is 0. The SMILES string of the molecule is O=C(Nc1ccccc1)C(Br)=Cc1ccccc1. The zero-order valence-electron chi connectivity index (χ0n) is 9.64. The standard InChI is InChI=1S/C15H12BrNO/c16-14(11-12-7-3-1-4-8-12)15(18)17-13-9-5-2-6-10-13/h1-11H,(H,17,18). The molecule has 0 aliphatic carbocycles. The summed E-state index contributed by atoms with van der Waals surface area (Å²) in [5.41, 5.74) is 1.76. The van der Waals surface area contributed by atoms with Crippen molar-refractivity contribution in [2.75, 3.05) is 5.32 Å². The molecule has 0 bridgehead atoms. The summed E-state index contributed by atoms with van der Waals surface area (Å²) in [6.07, 6.45) is 1.79. The van der Waals surface area contributed by atoms with Gasteiger partial charge in [-0.25, -0.2) is 0 Å². The minimum Gasteiger partial charge on any atom is -0.322 e. The van der Waals surface area contributed by atoms with Crippen LogP contribution in [-0.2, 0) is 4.79 Å². The third-order valence-corrected chi connectivity index (χ3v) is 2.93. The van der Waals surface area contributed by atoms with Crippen LogP contribution in [0.4, 0.5) is 5.69 Å². The second kappa shape index (κ2) is 6.17. The van der Waals surface area contributed by atoms with Gasteiger partial charge in [0, 0.05) is 5.69 Å². The first kappa shape index (κ1) is 12.6. The summed E-state index contributed by atoms with van der Waals surface area (Å²) >= 11 is 3.29. The van der Waals surface area contributed by atoms with Crippen LogP contribution in [0, 0.1) is 0 Å². The van der Waals surface area contributed by atoms with Crippen molar-refractivity contribution < 1.29 is 4.79 Å². The monoisotopic (exact) mass is 301 g/mol. The molecule has 0 saturated carbocycles. The number of carbonyl (C=O) groups is 1. The Morgan fingerprint density at radius 1 is 0.944 bits per heavy atom. The van der Waals surface area contributed by atoms with E-state index >= 15 is 0 Å². The Morgan fingerprint density at radius 3 is 2.11 bits per heavy atom. The molecule has 0 radical (unpaired) electrons. The highest BCUT2D eigenvalue weighted by Crippen LogP contribution is 2.15. The second-order valence-corrected chi connectivity index (χ2v) is 4.58. The maximum absolute atomic E-state index is 11.9. The molecule has 3 heteroatoms. The van der Waals surface area contributed by atoms with E-state index in [4.69, 9.17) is 0 Å². The van der Waals surface area contributed by atoms with Crippen LogP contribution < -0.4 is 5.32 Å². The number of para-hydroxylation sites is 1. The first-order valence-corrected chi connectivity index (χ1v) is 6.33. The molecule has 18 heavy (non-hydrogen) atoms. The van der Waals surface area contributed by atoms with Crippen molar-refractivity contribution in [1.82, 2.24) is 0 Å². The van der Waals surface area contributed by atoms with Crippen molar-refractivity contribution in [3.05, 3.63) is 70.7 Å². The molecule has 2 nitrogen and oxygen atoms in total. The predicted molar refractivity (Wildman–Crippen MR) is 78.4 cm³/mol. The van der Waals surface area contributed by atoms with Crippen molar-refractivity contribution in [3.8, 4) is 0 Å². The van der Waals surface area contributed by atoms with E-state index in [0.717, 1.165) is 11.3 Å². The molecule has 90 valence electrons. The number of nitrogens with one attached hydrogen (secondary N) is 1. The van der Waals surface area contributed by atoms with E-state index in [0.29, 0.717) is 4.48 Å². The van der Waals surface area contributed by atoms with Crippen LogP contribution in [0.25, 0.3) is 6.08 Å². The number of hydrogen-bond donors (Lipinski definition) is 1. The lowest BCUT2D eigenvalue weighted by atomic mass is 10.2. The van der Waals surface area contributed by atoms with Crippen LogP contribution in [0.3, 0.4) is 0 Å². The summed E-state index contributed by atoms with van der Waals surface area (Å²) in [5, 5.41) is 2.81.